The number of carbonyl (C=O) groups excluding carboxylic acids is 2. The van der Waals surface area contributed by atoms with Crippen LogP contribution in [0.4, 0.5) is 0 Å². The zero-order valence-corrected chi connectivity index (χ0v) is 24.2. The molecule has 2 bridgehead atoms. The van der Waals surface area contributed by atoms with Crippen molar-refractivity contribution in [2.45, 2.75) is 132 Å². The molecule has 0 aromatic heterocycles. The summed E-state index contributed by atoms with van der Waals surface area (Å²) in [6.07, 6.45) is 11.6. The first-order valence-electron chi connectivity index (χ1n) is 15.0. The van der Waals surface area contributed by atoms with Crippen LogP contribution in [0.1, 0.15) is 120 Å². The minimum absolute atomic E-state index is 0.00113. The molecule has 0 spiro atoms. The van der Waals surface area contributed by atoms with Gasteiger partial charge in [0.25, 0.3) is 0 Å². The molecule has 4 nitrogen and oxygen atoms in total. The molecule has 1 heterocycles. The zero-order chi connectivity index (χ0) is 26.1. The van der Waals surface area contributed by atoms with Crippen LogP contribution in [0.25, 0.3) is 0 Å². The number of ether oxygens (including phenoxy) is 2. The number of hydrogen-bond acceptors (Lipinski definition) is 4. The molecular weight excluding hydrogens is 448 g/mol. The van der Waals surface area contributed by atoms with Gasteiger partial charge in [-0.1, -0.05) is 48.5 Å². The van der Waals surface area contributed by atoms with E-state index in [1.54, 1.807) is 6.92 Å². The lowest BCUT2D eigenvalue weighted by Gasteiger charge is -2.73. The second kappa shape index (κ2) is 7.32. The van der Waals surface area contributed by atoms with Gasteiger partial charge in [0.1, 0.15) is 12.2 Å². The highest BCUT2D eigenvalue weighted by atomic mass is 16.6. The van der Waals surface area contributed by atoms with Gasteiger partial charge in [-0.3, -0.25) is 9.59 Å². The van der Waals surface area contributed by atoms with Gasteiger partial charge in [-0.15, -0.1) is 0 Å². The molecule has 6 aliphatic rings. The minimum Gasteiger partial charge on any atom is -0.462 e. The molecule has 202 valence electrons. The first-order valence-corrected chi connectivity index (χ1v) is 15.0. The van der Waals surface area contributed by atoms with Gasteiger partial charge in [0.05, 0.1) is 5.41 Å². The van der Waals surface area contributed by atoms with E-state index in [4.69, 9.17) is 9.47 Å². The second-order valence-electron chi connectivity index (χ2n) is 16.1. The molecule has 5 saturated carbocycles. The lowest BCUT2D eigenvalue weighted by Crippen LogP contribution is -2.68. The molecule has 6 rings (SSSR count). The van der Waals surface area contributed by atoms with E-state index in [-0.39, 0.29) is 56.6 Å². The fourth-order valence-corrected chi connectivity index (χ4v) is 12.2. The van der Waals surface area contributed by atoms with Gasteiger partial charge in [-0.2, -0.15) is 0 Å². The summed E-state index contributed by atoms with van der Waals surface area (Å²) in [6.45, 7) is 18.9. The third-order valence-electron chi connectivity index (χ3n) is 14.3. The van der Waals surface area contributed by atoms with Crippen LogP contribution in [-0.4, -0.2) is 24.1 Å². The third-order valence-corrected chi connectivity index (χ3v) is 14.3. The van der Waals surface area contributed by atoms with Crippen molar-refractivity contribution in [3.05, 3.63) is 0 Å². The van der Waals surface area contributed by atoms with Crippen LogP contribution in [0.5, 0.6) is 0 Å². The van der Waals surface area contributed by atoms with Gasteiger partial charge >= 0.3 is 11.9 Å². The smallest absolute Gasteiger partial charge is 0.312 e. The van der Waals surface area contributed by atoms with Crippen molar-refractivity contribution in [1.29, 1.82) is 0 Å². The van der Waals surface area contributed by atoms with E-state index in [0.29, 0.717) is 23.7 Å². The number of carbonyl (C=O) groups is 2. The van der Waals surface area contributed by atoms with E-state index in [9.17, 15) is 9.59 Å². The Hall–Kier alpha value is -1.06. The van der Waals surface area contributed by atoms with E-state index < -0.39 is 0 Å². The van der Waals surface area contributed by atoms with Crippen LogP contribution < -0.4 is 0 Å². The van der Waals surface area contributed by atoms with Crippen LogP contribution in [0.15, 0.2) is 0 Å². The summed E-state index contributed by atoms with van der Waals surface area (Å²) in [5.41, 5.74) is 0.665. The van der Waals surface area contributed by atoms with Crippen molar-refractivity contribution < 1.29 is 19.1 Å². The second-order valence-corrected chi connectivity index (χ2v) is 16.1. The lowest BCUT2D eigenvalue weighted by atomic mass is 9.31. The average Bonchev–Trinajstić information content (AvgIpc) is 3.03. The molecule has 0 amide bonds. The third kappa shape index (κ3) is 2.83. The summed E-state index contributed by atoms with van der Waals surface area (Å²) < 4.78 is 12.2. The maximum absolute atomic E-state index is 13.4. The van der Waals surface area contributed by atoms with Crippen molar-refractivity contribution in [3.63, 3.8) is 0 Å². The lowest BCUT2D eigenvalue weighted by molar-refractivity contribution is -0.254. The predicted molar refractivity (Wildman–Crippen MR) is 140 cm³/mol. The van der Waals surface area contributed by atoms with Gasteiger partial charge in [-0.25, -0.2) is 0 Å². The monoisotopic (exact) mass is 498 g/mol. The molecule has 5 aliphatic carbocycles. The fraction of sp³-hybridized carbons (Fsp3) is 0.938. The molecule has 1 aliphatic heterocycles. The summed E-state index contributed by atoms with van der Waals surface area (Å²) in [6, 6.07) is 0. The molecule has 0 aromatic carbocycles. The Labute approximate surface area is 219 Å². The Balaban J connectivity index is 1.36. The molecule has 0 aromatic rings. The van der Waals surface area contributed by atoms with Crippen LogP contribution in [0.3, 0.4) is 0 Å². The summed E-state index contributed by atoms with van der Waals surface area (Å²) in [5.74, 6) is 2.23. The maximum Gasteiger partial charge on any atom is 0.312 e. The van der Waals surface area contributed by atoms with E-state index in [1.165, 1.54) is 32.1 Å². The Morgan fingerprint density at radius 1 is 0.806 bits per heavy atom. The van der Waals surface area contributed by atoms with Gasteiger partial charge in [0, 0.05) is 23.7 Å². The van der Waals surface area contributed by atoms with E-state index in [1.807, 2.05) is 0 Å². The average molecular weight is 499 g/mol. The highest BCUT2D eigenvalue weighted by Crippen LogP contribution is 2.78. The van der Waals surface area contributed by atoms with Gasteiger partial charge in [0.15, 0.2) is 0 Å². The summed E-state index contributed by atoms with van der Waals surface area (Å²) in [5, 5.41) is 0. The van der Waals surface area contributed by atoms with Crippen LogP contribution in [0, 0.1) is 56.2 Å². The Morgan fingerprint density at radius 2 is 1.50 bits per heavy atom. The Kier molecular flexibility index (Phi) is 5.13. The number of hydrogen-bond donors (Lipinski definition) is 0. The SMILES string of the molecule is CC(=O)O[C@H]1CC[C@]2(C)[C@H]3CC[C@H]4[C@H]5[C@H]6OC(=O)[C@]5(CCC6(C)C)CC[C@@]4(C)[C@]3(C)CC[C@H]2C1(C)C. The van der Waals surface area contributed by atoms with Gasteiger partial charge in [0.2, 0.25) is 0 Å². The Morgan fingerprint density at radius 3 is 2.19 bits per heavy atom. The fourth-order valence-electron chi connectivity index (χ4n) is 12.2. The molecule has 0 unspecified atom stereocenters. The highest BCUT2D eigenvalue weighted by Gasteiger charge is 2.75. The van der Waals surface area contributed by atoms with Crippen molar-refractivity contribution in [2.24, 2.45) is 56.2 Å². The molecule has 36 heavy (non-hydrogen) atoms. The molecule has 6 fully saturated rings. The summed E-state index contributed by atoms with van der Waals surface area (Å²) in [7, 11) is 0. The highest BCUT2D eigenvalue weighted by molar-refractivity contribution is 5.81. The predicted octanol–water partition coefficient (Wildman–Crippen LogP) is 7.34. The van der Waals surface area contributed by atoms with Crippen LogP contribution in [-0.2, 0) is 19.1 Å². The normalized spacial score (nSPS) is 54.3. The topological polar surface area (TPSA) is 52.6 Å². The largest absolute Gasteiger partial charge is 0.462 e. The molecular formula is C32H50O4. The molecule has 10 atom stereocenters. The van der Waals surface area contributed by atoms with Gasteiger partial charge < -0.3 is 9.47 Å². The first-order chi connectivity index (χ1) is 16.6. The first kappa shape index (κ1) is 25.2. The van der Waals surface area contributed by atoms with Gasteiger partial charge in [-0.05, 0) is 98.2 Å². The van der Waals surface area contributed by atoms with Crippen molar-refractivity contribution in [1.82, 2.24) is 0 Å². The number of esters is 2. The molecule has 4 heteroatoms. The van der Waals surface area contributed by atoms with Crippen molar-refractivity contribution in [3.8, 4) is 0 Å². The Bertz CT molecular complexity index is 983. The minimum atomic E-state index is -0.210. The maximum atomic E-state index is 13.4. The van der Waals surface area contributed by atoms with Crippen LogP contribution >= 0.6 is 0 Å². The molecule has 0 N–H and O–H groups in total. The van der Waals surface area contributed by atoms with E-state index in [2.05, 4.69) is 48.5 Å². The molecule has 1 saturated heterocycles. The van der Waals surface area contributed by atoms with Crippen molar-refractivity contribution >= 4 is 11.9 Å². The van der Waals surface area contributed by atoms with E-state index >= 15 is 0 Å². The number of rotatable bonds is 1. The standard InChI is InChI=1S/C32H50O4/c1-19(33)35-23-12-13-29(6)21(28(23,4)5)11-14-31(8)22(29)10-9-20-24-25-27(2,3)15-17-32(24,26(34)36-25)18-16-30(20,31)7/h20-25H,9-18H2,1-8H3/t20-,21-,22+,23-,24-,25+,29-,30+,31+,32+/m0/s1. The summed E-state index contributed by atoms with van der Waals surface area (Å²) in [4.78, 5) is 25.3. The van der Waals surface area contributed by atoms with Crippen molar-refractivity contribution in [2.75, 3.05) is 0 Å². The van der Waals surface area contributed by atoms with E-state index in [0.717, 1.165) is 32.1 Å². The quantitative estimate of drug-likeness (QED) is 0.355. The number of fused-ring (bicyclic) bond motifs is 5. The molecule has 0 radical (unpaired) electrons. The van der Waals surface area contributed by atoms with Crippen LogP contribution in [0.2, 0.25) is 0 Å². The zero-order valence-electron chi connectivity index (χ0n) is 24.2. The summed E-state index contributed by atoms with van der Waals surface area (Å²) >= 11 is 0.